The van der Waals surface area contributed by atoms with Crippen LogP contribution >= 0.6 is 0 Å². The van der Waals surface area contributed by atoms with Gasteiger partial charge in [0.2, 0.25) is 0 Å². The minimum Gasteiger partial charge on any atom is -0.388 e. The number of nitrogens with two attached hydrogens (primary N) is 1. The predicted molar refractivity (Wildman–Crippen MR) is 51.3 cm³/mol. The van der Waals surface area contributed by atoms with Gasteiger partial charge in [0.1, 0.15) is 0 Å². The van der Waals surface area contributed by atoms with Crippen molar-refractivity contribution in [3.05, 3.63) is 18.0 Å². The lowest BCUT2D eigenvalue weighted by atomic mass is 9.84. The maximum Gasteiger partial charge on any atom is 0.333 e. The van der Waals surface area contributed by atoms with Crippen molar-refractivity contribution < 1.29 is 13.9 Å². The second-order valence-electron chi connectivity index (χ2n) is 4.13. The largest absolute Gasteiger partial charge is 0.388 e. The smallest absolute Gasteiger partial charge is 0.333 e. The van der Waals surface area contributed by atoms with Crippen LogP contribution in [0.3, 0.4) is 0 Å². The molecule has 0 aliphatic carbocycles. The van der Waals surface area contributed by atoms with Crippen molar-refractivity contribution >= 4 is 0 Å². The Bertz CT molecular complexity index is 325. The number of aliphatic hydroxyl groups is 1. The molecular weight excluding hydrogens is 204 g/mol. The molecule has 0 aliphatic heterocycles. The van der Waals surface area contributed by atoms with Gasteiger partial charge in [0.25, 0.3) is 0 Å². The summed E-state index contributed by atoms with van der Waals surface area (Å²) in [6, 6.07) is 0. The second kappa shape index (κ2) is 4.24. The summed E-state index contributed by atoms with van der Waals surface area (Å²) in [4.78, 5) is 0. The van der Waals surface area contributed by atoms with Gasteiger partial charge in [-0.25, -0.2) is 4.68 Å². The molecule has 6 heteroatoms. The average molecular weight is 219 g/mol. The first-order valence-corrected chi connectivity index (χ1v) is 4.59. The van der Waals surface area contributed by atoms with Crippen LogP contribution in [0.1, 0.15) is 32.1 Å². The minimum absolute atomic E-state index is 0.258. The molecule has 0 spiro atoms. The van der Waals surface area contributed by atoms with E-state index in [0.717, 1.165) is 6.20 Å². The summed E-state index contributed by atoms with van der Waals surface area (Å²) >= 11 is 0. The van der Waals surface area contributed by atoms with Gasteiger partial charge >= 0.3 is 6.55 Å². The number of rotatable bonds is 4. The number of hydrogen-bond donors (Lipinski definition) is 2. The zero-order valence-corrected chi connectivity index (χ0v) is 8.69. The quantitative estimate of drug-likeness (QED) is 0.802. The standard InChI is InChI=1S/C9H15F2N3O/c1-9(2,5-12)7(15)6-3-13-14(4-6)8(10)11/h3-4,7-8,15H,5,12H2,1-2H3. The van der Waals surface area contributed by atoms with E-state index in [9.17, 15) is 13.9 Å². The van der Waals surface area contributed by atoms with Gasteiger partial charge < -0.3 is 10.8 Å². The molecule has 1 aromatic rings. The first-order chi connectivity index (χ1) is 6.88. The summed E-state index contributed by atoms with van der Waals surface area (Å²) in [5.74, 6) is 0. The van der Waals surface area contributed by atoms with Crippen LogP contribution in [-0.4, -0.2) is 21.4 Å². The summed E-state index contributed by atoms with van der Waals surface area (Å²) in [6.45, 7) is 1.09. The number of aliphatic hydroxyl groups excluding tert-OH is 1. The van der Waals surface area contributed by atoms with Crippen LogP contribution < -0.4 is 5.73 Å². The molecule has 1 aromatic heterocycles. The van der Waals surface area contributed by atoms with Gasteiger partial charge in [0.15, 0.2) is 0 Å². The van der Waals surface area contributed by atoms with E-state index in [2.05, 4.69) is 5.10 Å². The molecule has 0 fully saturated rings. The Morgan fingerprint density at radius 3 is 2.60 bits per heavy atom. The molecule has 1 heterocycles. The average Bonchev–Trinajstić information content (AvgIpc) is 2.65. The van der Waals surface area contributed by atoms with Crippen LogP contribution in [0.2, 0.25) is 0 Å². The van der Waals surface area contributed by atoms with Crippen LogP contribution in [0.25, 0.3) is 0 Å². The molecule has 0 saturated heterocycles. The highest BCUT2D eigenvalue weighted by Gasteiger charge is 2.29. The van der Waals surface area contributed by atoms with Gasteiger partial charge in [-0.1, -0.05) is 13.8 Å². The van der Waals surface area contributed by atoms with Crippen molar-refractivity contribution in [2.45, 2.75) is 26.5 Å². The summed E-state index contributed by atoms with van der Waals surface area (Å²) in [6.07, 6.45) is 1.47. The van der Waals surface area contributed by atoms with Crippen molar-refractivity contribution in [1.82, 2.24) is 9.78 Å². The minimum atomic E-state index is -2.69. The Morgan fingerprint density at radius 2 is 2.20 bits per heavy atom. The Hall–Kier alpha value is -1.01. The molecule has 0 bridgehead atoms. The molecule has 0 radical (unpaired) electrons. The van der Waals surface area contributed by atoms with E-state index in [4.69, 9.17) is 5.73 Å². The molecule has 0 amide bonds. The first-order valence-electron chi connectivity index (χ1n) is 4.59. The van der Waals surface area contributed by atoms with Crippen LogP contribution in [0, 0.1) is 5.41 Å². The lowest BCUT2D eigenvalue weighted by Crippen LogP contribution is -2.30. The topological polar surface area (TPSA) is 64.1 Å². The highest BCUT2D eigenvalue weighted by molar-refractivity contribution is 5.11. The van der Waals surface area contributed by atoms with Crippen molar-refractivity contribution in [2.75, 3.05) is 6.54 Å². The fraction of sp³-hybridized carbons (Fsp3) is 0.667. The van der Waals surface area contributed by atoms with Gasteiger partial charge in [-0.2, -0.15) is 13.9 Å². The van der Waals surface area contributed by atoms with Gasteiger partial charge in [0.05, 0.1) is 12.3 Å². The SMILES string of the molecule is CC(C)(CN)C(O)c1cnn(C(F)F)c1. The van der Waals surface area contributed by atoms with Crippen LogP contribution in [0.4, 0.5) is 8.78 Å². The molecule has 15 heavy (non-hydrogen) atoms. The zero-order chi connectivity index (χ0) is 11.6. The lowest BCUT2D eigenvalue weighted by Gasteiger charge is -2.27. The second-order valence-corrected chi connectivity index (χ2v) is 4.13. The number of hydrogen-bond acceptors (Lipinski definition) is 3. The normalized spacial score (nSPS) is 14.6. The van der Waals surface area contributed by atoms with Crippen molar-refractivity contribution in [1.29, 1.82) is 0 Å². The third-order valence-corrected chi connectivity index (χ3v) is 2.40. The maximum absolute atomic E-state index is 12.2. The molecule has 0 aromatic carbocycles. The first kappa shape index (κ1) is 12.1. The molecular formula is C9H15F2N3O. The molecule has 86 valence electrons. The Morgan fingerprint density at radius 1 is 1.60 bits per heavy atom. The van der Waals surface area contributed by atoms with Gasteiger partial charge in [-0.05, 0) is 0 Å². The maximum atomic E-state index is 12.2. The fourth-order valence-corrected chi connectivity index (χ4v) is 1.16. The summed E-state index contributed by atoms with van der Waals surface area (Å²) in [5.41, 5.74) is 5.27. The van der Waals surface area contributed by atoms with Crippen LogP contribution in [-0.2, 0) is 0 Å². The number of alkyl halides is 2. The van der Waals surface area contributed by atoms with E-state index >= 15 is 0 Å². The third-order valence-electron chi connectivity index (χ3n) is 2.40. The lowest BCUT2D eigenvalue weighted by molar-refractivity contribution is 0.0496. The number of aromatic nitrogens is 2. The van der Waals surface area contributed by atoms with Gasteiger partial charge in [0, 0.05) is 23.7 Å². The van der Waals surface area contributed by atoms with Crippen LogP contribution in [0.5, 0.6) is 0 Å². The third kappa shape index (κ3) is 2.51. The molecule has 1 rings (SSSR count). The summed E-state index contributed by atoms with van der Waals surface area (Å²) in [5, 5.41) is 13.3. The van der Waals surface area contributed by atoms with E-state index in [-0.39, 0.29) is 6.54 Å². The monoisotopic (exact) mass is 219 g/mol. The predicted octanol–water partition coefficient (Wildman–Crippen LogP) is 1.30. The molecule has 1 atom stereocenters. The van der Waals surface area contributed by atoms with E-state index < -0.39 is 18.1 Å². The zero-order valence-electron chi connectivity index (χ0n) is 8.69. The summed E-state index contributed by atoms with van der Waals surface area (Å²) < 4.78 is 24.9. The Balaban J connectivity index is 2.87. The highest BCUT2D eigenvalue weighted by Crippen LogP contribution is 2.32. The van der Waals surface area contributed by atoms with Crippen LogP contribution in [0.15, 0.2) is 12.4 Å². The summed E-state index contributed by atoms with van der Waals surface area (Å²) in [7, 11) is 0. The molecule has 0 aliphatic rings. The fourth-order valence-electron chi connectivity index (χ4n) is 1.16. The molecule has 0 saturated carbocycles. The number of halogens is 2. The van der Waals surface area contributed by atoms with Crippen molar-refractivity contribution in [3.8, 4) is 0 Å². The van der Waals surface area contributed by atoms with E-state index in [1.807, 2.05) is 0 Å². The number of nitrogens with zero attached hydrogens (tertiary/aromatic N) is 2. The highest BCUT2D eigenvalue weighted by atomic mass is 19.3. The van der Waals surface area contributed by atoms with Gasteiger partial charge in [-0.15, -0.1) is 0 Å². The van der Waals surface area contributed by atoms with E-state index in [1.165, 1.54) is 6.20 Å². The van der Waals surface area contributed by atoms with E-state index in [0.29, 0.717) is 10.2 Å². The van der Waals surface area contributed by atoms with Crippen molar-refractivity contribution in [2.24, 2.45) is 11.1 Å². The van der Waals surface area contributed by atoms with Crippen molar-refractivity contribution in [3.63, 3.8) is 0 Å². The van der Waals surface area contributed by atoms with E-state index in [1.54, 1.807) is 13.8 Å². The van der Waals surface area contributed by atoms with Gasteiger partial charge in [-0.3, -0.25) is 0 Å². The molecule has 3 N–H and O–H groups in total. The Labute approximate surface area is 86.7 Å². The molecule has 4 nitrogen and oxygen atoms in total. The molecule has 1 unspecified atom stereocenters. The Kier molecular flexibility index (Phi) is 3.41.